The Kier molecular flexibility index (Phi) is 3.96. The molecule has 1 aromatic heterocycles. The maximum atomic E-state index is 4.32. The summed E-state index contributed by atoms with van der Waals surface area (Å²) in [5.41, 5.74) is 1.26. The molecule has 2 nitrogen and oxygen atoms in total. The molecule has 1 heterocycles. The molecule has 0 fully saturated rings. The predicted molar refractivity (Wildman–Crippen MR) is 73.0 cm³/mol. The number of benzene rings is 1. The van der Waals surface area contributed by atoms with Crippen molar-refractivity contribution in [3.05, 3.63) is 45.4 Å². The van der Waals surface area contributed by atoms with E-state index >= 15 is 0 Å². The number of thiazole rings is 1. The summed E-state index contributed by atoms with van der Waals surface area (Å²) in [6.07, 6.45) is 2.99. The first-order valence-corrected chi connectivity index (χ1v) is 6.82. The van der Waals surface area contributed by atoms with Crippen molar-refractivity contribution in [2.24, 2.45) is 0 Å². The first-order valence-electron chi connectivity index (χ1n) is 5.21. The van der Waals surface area contributed by atoms with Crippen molar-refractivity contribution in [2.75, 3.05) is 5.32 Å². The van der Waals surface area contributed by atoms with E-state index in [1.807, 2.05) is 6.20 Å². The zero-order valence-corrected chi connectivity index (χ0v) is 11.4. The molecule has 0 unspecified atom stereocenters. The lowest BCUT2D eigenvalue weighted by atomic mass is 10.2. The molecule has 0 spiro atoms. The Labute approximate surface area is 108 Å². The third-order valence-corrected chi connectivity index (χ3v) is 3.89. The van der Waals surface area contributed by atoms with Gasteiger partial charge in [0.05, 0.1) is 0 Å². The molecule has 0 aliphatic heterocycles. The summed E-state index contributed by atoms with van der Waals surface area (Å²) in [6.45, 7) is 2.97. The standard InChI is InChI=1S/C12H13BrN2S/c1-2-11-8-15-12(16-11)14-7-9-3-5-10(13)6-4-9/h3-6,8H,2,7H2,1H3,(H,14,15). The van der Waals surface area contributed by atoms with Crippen molar-refractivity contribution in [1.29, 1.82) is 0 Å². The lowest BCUT2D eigenvalue weighted by Crippen LogP contribution is -1.98. The summed E-state index contributed by atoms with van der Waals surface area (Å²) in [5.74, 6) is 0. The van der Waals surface area contributed by atoms with Gasteiger partial charge in [0.15, 0.2) is 5.13 Å². The van der Waals surface area contributed by atoms with Crippen LogP contribution in [0.2, 0.25) is 0 Å². The van der Waals surface area contributed by atoms with Crippen LogP contribution in [0.4, 0.5) is 5.13 Å². The average molecular weight is 297 g/mol. The van der Waals surface area contributed by atoms with Gasteiger partial charge in [0.25, 0.3) is 0 Å². The molecular weight excluding hydrogens is 284 g/mol. The number of hydrogen-bond donors (Lipinski definition) is 1. The molecule has 0 aliphatic carbocycles. The van der Waals surface area contributed by atoms with Crippen LogP contribution in [-0.4, -0.2) is 4.98 Å². The first-order chi connectivity index (χ1) is 7.78. The summed E-state index contributed by atoms with van der Waals surface area (Å²) in [5, 5.41) is 4.33. The molecule has 2 aromatic rings. The number of nitrogens with zero attached hydrogens (tertiary/aromatic N) is 1. The van der Waals surface area contributed by atoms with Crippen molar-refractivity contribution in [3.63, 3.8) is 0 Å². The van der Waals surface area contributed by atoms with E-state index in [1.54, 1.807) is 11.3 Å². The van der Waals surface area contributed by atoms with E-state index < -0.39 is 0 Å². The highest BCUT2D eigenvalue weighted by atomic mass is 79.9. The Morgan fingerprint density at radius 3 is 2.69 bits per heavy atom. The second kappa shape index (κ2) is 5.46. The van der Waals surface area contributed by atoms with Crippen LogP contribution in [0.15, 0.2) is 34.9 Å². The topological polar surface area (TPSA) is 24.9 Å². The van der Waals surface area contributed by atoms with Crippen molar-refractivity contribution in [3.8, 4) is 0 Å². The number of rotatable bonds is 4. The monoisotopic (exact) mass is 296 g/mol. The number of aryl methyl sites for hydroxylation is 1. The van der Waals surface area contributed by atoms with Crippen LogP contribution in [0.3, 0.4) is 0 Å². The van der Waals surface area contributed by atoms with E-state index in [0.29, 0.717) is 0 Å². The van der Waals surface area contributed by atoms with Gasteiger partial charge < -0.3 is 5.32 Å². The molecule has 0 atom stereocenters. The molecule has 0 saturated carbocycles. The van der Waals surface area contributed by atoms with Crippen LogP contribution >= 0.6 is 27.3 Å². The fourth-order valence-corrected chi connectivity index (χ4v) is 2.34. The molecule has 0 radical (unpaired) electrons. The summed E-state index contributed by atoms with van der Waals surface area (Å²) in [4.78, 5) is 5.64. The number of hydrogen-bond acceptors (Lipinski definition) is 3. The van der Waals surface area contributed by atoms with Crippen molar-refractivity contribution >= 4 is 32.4 Å². The van der Waals surface area contributed by atoms with Crippen LogP contribution < -0.4 is 5.32 Å². The Morgan fingerprint density at radius 2 is 2.06 bits per heavy atom. The highest BCUT2D eigenvalue weighted by Gasteiger charge is 1.99. The van der Waals surface area contributed by atoms with Crippen LogP contribution in [-0.2, 0) is 13.0 Å². The van der Waals surface area contributed by atoms with E-state index in [1.165, 1.54) is 10.4 Å². The zero-order valence-electron chi connectivity index (χ0n) is 9.03. The molecule has 1 aromatic carbocycles. The second-order valence-corrected chi connectivity index (χ2v) is 5.50. The molecular formula is C12H13BrN2S. The highest BCUT2D eigenvalue weighted by Crippen LogP contribution is 2.19. The molecule has 0 bridgehead atoms. The third-order valence-electron chi connectivity index (χ3n) is 2.26. The van der Waals surface area contributed by atoms with Crippen LogP contribution in [0.25, 0.3) is 0 Å². The Morgan fingerprint density at radius 1 is 1.31 bits per heavy atom. The van der Waals surface area contributed by atoms with Crippen LogP contribution in [0.5, 0.6) is 0 Å². The number of halogens is 1. The fraction of sp³-hybridized carbons (Fsp3) is 0.250. The predicted octanol–water partition coefficient (Wildman–Crippen LogP) is 4.08. The zero-order chi connectivity index (χ0) is 11.4. The van der Waals surface area contributed by atoms with E-state index in [-0.39, 0.29) is 0 Å². The quantitative estimate of drug-likeness (QED) is 0.919. The lowest BCUT2D eigenvalue weighted by molar-refractivity contribution is 1.13. The van der Waals surface area contributed by atoms with Gasteiger partial charge in [0.1, 0.15) is 0 Å². The average Bonchev–Trinajstić information content (AvgIpc) is 2.76. The molecule has 0 saturated heterocycles. The SMILES string of the molecule is CCc1cnc(NCc2ccc(Br)cc2)s1. The van der Waals surface area contributed by atoms with E-state index in [0.717, 1.165) is 22.6 Å². The Balaban J connectivity index is 1.94. The van der Waals surface area contributed by atoms with Gasteiger partial charge in [-0.25, -0.2) is 4.98 Å². The number of aromatic nitrogens is 1. The summed E-state index contributed by atoms with van der Waals surface area (Å²) >= 11 is 5.15. The molecule has 0 amide bonds. The molecule has 2 rings (SSSR count). The molecule has 16 heavy (non-hydrogen) atoms. The van der Waals surface area contributed by atoms with Crippen LogP contribution in [0.1, 0.15) is 17.4 Å². The van der Waals surface area contributed by atoms with Gasteiger partial charge >= 0.3 is 0 Å². The van der Waals surface area contributed by atoms with E-state index in [4.69, 9.17) is 0 Å². The lowest BCUT2D eigenvalue weighted by Gasteiger charge is -2.02. The van der Waals surface area contributed by atoms with E-state index in [2.05, 4.69) is 57.4 Å². The maximum absolute atomic E-state index is 4.32. The van der Waals surface area contributed by atoms with Crippen molar-refractivity contribution in [2.45, 2.75) is 19.9 Å². The van der Waals surface area contributed by atoms with Crippen LogP contribution in [0, 0.1) is 0 Å². The number of anilines is 1. The van der Waals surface area contributed by atoms with Gasteiger partial charge in [-0.05, 0) is 24.1 Å². The third kappa shape index (κ3) is 3.06. The summed E-state index contributed by atoms with van der Waals surface area (Å²) < 4.78 is 1.11. The molecule has 0 aliphatic rings. The Hall–Kier alpha value is -0.870. The first kappa shape index (κ1) is 11.6. The second-order valence-electron chi connectivity index (χ2n) is 3.47. The normalized spacial score (nSPS) is 10.4. The number of nitrogens with one attached hydrogen (secondary N) is 1. The minimum absolute atomic E-state index is 0.823. The van der Waals surface area contributed by atoms with Crippen molar-refractivity contribution < 1.29 is 0 Å². The largest absolute Gasteiger partial charge is 0.357 e. The van der Waals surface area contributed by atoms with Gasteiger partial charge in [-0.2, -0.15) is 0 Å². The van der Waals surface area contributed by atoms with Gasteiger partial charge in [-0.15, -0.1) is 11.3 Å². The summed E-state index contributed by atoms with van der Waals surface area (Å²) in [6, 6.07) is 8.31. The van der Waals surface area contributed by atoms with Gasteiger partial charge in [0, 0.05) is 22.1 Å². The molecule has 4 heteroatoms. The van der Waals surface area contributed by atoms with Gasteiger partial charge in [0.2, 0.25) is 0 Å². The summed E-state index contributed by atoms with van der Waals surface area (Å²) in [7, 11) is 0. The smallest absolute Gasteiger partial charge is 0.183 e. The maximum Gasteiger partial charge on any atom is 0.183 e. The fourth-order valence-electron chi connectivity index (χ4n) is 1.33. The van der Waals surface area contributed by atoms with Crippen molar-refractivity contribution in [1.82, 2.24) is 4.98 Å². The van der Waals surface area contributed by atoms with E-state index in [9.17, 15) is 0 Å². The van der Waals surface area contributed by atoms with Gasteiger partial charge in [-0.1, -0.05) is 35.0 Å². The minimum atomic E-state index is 0.823. The molecule has 1 N–H and O–H groups in total. The van der Waals surface area contributed by atoms with Gasteiger partial charge in [-0.3, -0.25) is 0 Å². The molecule has 84 valence electrons. The Bertz CT molecular complexity index is 450. The highest BCUT2D eigenvalue weighted by molar-refractivity contribution is 9.10. The minimum Gasteiger partial charge on any atom is -0.357 e.